The van der Waals surface area contributed by atoms with Crippen molar-refractivity contribution in [1.82, 2.24) is 0 Å². The summed E-state index contributed by atoms with van der Waals surface area (Å²) in [6, 6.07) is 0. The van der Waals surface area contributed by atoms with Crippen molar-refractivity contribution in [2.45, 2.75) is 40.3 Å². The Kier molecular flexibility index (Phi) is 4.08. The number of halogens is 3. The molecule has 0 N–H and O–H groups in total. The third-order valence-electron chi connectivity index (χ3n) is 2.35. The van der Waals surface area contributed by atoms with E-state index in [1.165, 1.54) is 0 Å². The van der Waals surface area contributed by atoms with E-state index < -0.39 is 12.1 Å². The minimum Gasteiger partial charge on any atom is -0.171 e. The predicted octanol–water partition coefficient (Wildman–Crippen LogP) is 3.87. The van der Waals surface area contributed by atoms with Gasteiger partial charge >= 0.3 is 6.18 Å². The lowest BCUT2D eigenvalue weighted by molar-refractivity contribution is -0.199. The second-order valence-electron chi connectivity index (χ2n) is 3.70. The molecule has 74 valence electrons. The first-order valence-corrected chi connectivity index (χ1v) is 4.37. The van der Waals surface area contributed by atoms with Crippen LogP contribution in [0.2, 0.25) is 0 Å². The van der Waals surface area contributed by atoms with E-state index in [0.717, 1.165) is 0 Å². The zero-order valence-electron chi connectivity index (χ0n) is 8.07. The maximum absolute atomic E-state index is 12.4. The minimum absolute atomic E-state index is 0.273. The molecule has 0 amide bonds. The van der Waals surface area contributed by atoms with Gasteiger partial charge in [0, 0.05) is 0 Å². The fraction of sp³-hybridized carbons (Fsp3) is 1.00. The highest BCUT2D eigenvalue weighted by Gasteiger charge is 2.43. The summed E-state index contributed by atoms with van der Waals surface area (Å²) in [5.41, 5.74) is 0. The topological polar surface area (TPSA) is 0 Å². The molecule has 0 aromatic carbocycles. The molecule has 0 fully saturated rings. The third kappa shape index (κ3) is 3.03. The second-order valence-corrected chi connectivity index (χ2v) is 3.70. The fourth-order valence-corrected chi connectivity index (χ4v) is 1.61. The molecule has 2 atom stereocenters. The Morgan fingerprint density at radius 2 is 1.50 bits per heavy atom. The molecule has 0 saturated heterocycles. The van der Waals surface area contributed by atoms with Gasteiger partial charge in [-0.3, -0.25) is 0 Å². The van der Waals surface area contributed by atoms with E-state index in [1.807, 2.05) is 0 Å². The van der Waals surface area contributed by atoms with Crippen LogP contribution < -0.4 is 0 Å². The van der Waals surface area contributed by atoms with Crippen molar-refractivity contribution in [3.63, 3.8) is 0 Å². The summed E-state index contributed by atoms with van der Waals surface area (Å²) in [5, 5.41) is 0. The molecule has 0 aliphatic carbocycles. The second kappa shape index (κ2) is 4.15. The summed E-state index contributed by atoms with van der Waals surface area (Å²) in [6.07, 6.45) is -3.45. The quantitative estimate of drug-likeness (QED) is 0.621. The van der Waals surface area contributed by atoms with Crippen LogP contribution in [0, 0.1) is 17.8 Å². The average molecular weight is 182 g/mol. The smallest absolute Gasteiger partial charge is 0.171 e. The first-order valence-electron chi connectivity index (χ1n) is 4.37. The van der Waals surface area contributed by atoms with E-state index in [1.54, 1.807) is 27.7 Å². The molecular weight excluding hydrogens is 165 g/mol. The van der Waals surface area contributed by atoms with Crippen molar-refractivity contribution in [3.8, 4) is 0 Å². The number of hydrogen-bond acceptors (Lipinski definition) is 0. The molecule has 0 heterocycles. The Balaban J connectivity index is 4.44. The van der Waals surface area contributed by atoms with Gasteiger partial charge < -0.3 is 0 Å². The third-order valence-corrected chi connectivity index (χ3v) is 2.35. The van der Waals surface area contributed by atoms with Gasteiger partial charge in [0.25, 0.3) is 0 Å². The van der Waals surface area contributed by atoms with E-state index in [-0.39, 0.29) is 11.8 Å². The molecule has 0 saturated carbocycles. The highest BCUT2D eigenvalue weighted by molar-refractivity contribution is 4.75. The maximum Gasteiger partial charge on any atom is 0.392 e. The predicted molar refractivity (Wildman–Crippen MR) is 43.8 cm³/mol. The molecule has 0 aromatic rings. The highest BCUT2D eigenvalue weighted by Crippen LogP contribution is 2.38. The Morgan fingerprint density at radius 1 is 1.08 bits per heavy atom. The summed E-state index contributed by atoms with van der Waals surface area (Å²) in [5.74, 6) is -1.74. The summed E-state index contributed by atoms with van der Waals surface area (Å²) in [4.78, 5) is 0. The van der Waals surface area contributed by atoms with Crippen LogP contribution in [0.3, 0.4) is 0 Å². The molecule has 0 nitrogen and oxygen atoms in total. The van der Waals surface area contributed by atoms with E-state index in [2.05, 4.69) is 0 Å². The van der Waals surface area contributed by atoms with Gasteiger partial charge in [-0.2, -0.15) is 13.2 Å². The Hall–Kier alpha value is -0.210. The molecule has 0 rings (SSSR count). The monoisotopic (exact) mass is 182 g/mol. The minimum atomic E-state index is -4.04. The van der Waals surface area contributed by atoms with Gasteiger partial charge in [0.1, 0.15) is 0 Å². The summed E-state index contributed by atoms with van der Waals surface area (Å²) in [7, 11) is 0. The van der Waals surface area contributed by atoms with E-state index in [0.29, 0.717) is 6.42 Å². The van der Waals surface area contributed by atoms with Crippen LogP contribution in [0.4, 0.5) is 13.2 Å². The lowest BCUT2D eigenvalue weighted by Crippen LogP contribution is -2.32. The van der Waals surface area contributed by atoms with Gasteiger partial charge in [0.15, 0.2) is 0 Å². The van der Waals surface area contributed by atoms with Crippen LogP contribution in [-0.2, 0) is 0 Å². The largest absolute Gasteiger partial charge is 0.392 e. The van der Waals surface area contributed by atoms with Crippen molar-refractivity contribution in [1.29, 1.82) is 0 Å². The lowest BCUT2D eigenvalue weighted by atomic mass is 9.82. The summed E-state index contributed by atoms with van der Waals surface area (Å²) in [6.45, 7) is 6.72. The molecule has 3 heteroatoms. The first kappa shape index (κ1) is 11.8. The van der Waals surface area contributed by atoms with E-state index >= 15 is 0 Å². The van der Waals surface area contributed by atoms with Crippen LogP contribution in [0.1, 0.15) is 34.1 Å². The molecule has 2 unspecified atom stereocenters. The van der Waals surface area contributed by atoms with Crippen LogP contribution >= 0.6 is 0 Å². The van der Waals surface area contributed by atoms with Crippen molar-refractivity contribution in [3.05, 3.63) is 0 Å². The Labute approximate surface area is 72.2 Å². The van der Waals surface area contributed by atoms with Gasteiger partial charge in [-0.15, -0.1) is 0 Å². The Bertz CT molecular complexity index is 126. The standard InChI is InChI=1S/C9H17F3/c1-5-7(4)8(6(2)3)9(10,11)12/h6-8H,5H2,1-4H3. The van der Waals surface area contributed by atoms with Crippen molar-refractivity contribution in [2.24, 2.45) is 17.8 Å². The SMILES string of the molecule is CCC(C)C(C(C)C)C(F)(F)F. The molecule has 12 heavy (non-hydrogen) atoms. The molecule has 0 radical (unpaired) electrons. The first-order chi connectivity index (χ1) is 5.30. The molecule has 0 spiro atoms. The molecular formula is C9H17F3. The van der Waals surface area contributed by atoms with Crippen molar-refractivity contribution in [2.75, 3.05) is 0 Å². The average Bonchev–Trinajstić information content (AvgIpc) is 1.83. The van der Waals surface area contributed by atoms with Crippen LogP contribution in [0.5, 0.6) is 0 Å². The molecule has 0 aliphatic heterocycles. The van der Waals surface area contributed by atoms with Gasteiger partial charge in [-0.1, -0.05) is 34.1 Å². The fourth-order valence-electron chi connectivity index (χ4n) is 1.61. The van der Waals surface area contributed by atoms with Crippen LogP contribution in [0.15, 0.2) is 0 Å². The molecule has 0 aliphatic rings. The summed E-state index contributed by atoms with van der Waals surface area (Å²) < 4.78 is 37.2. The van der Waals surface area contributed by atoms with Crippen molar-refractivity contribution < 1.29 is 13.2 Å². The maximum atomic E-state index is 12.4. The Morgan fingerprint density at radius 3 is 1.58 bits per heavy atom. The number of hydrogen-bond donors (Lipinski definition) is 0. The molecule has 0 bridgehead atoms. The lowest BCUT2D eigenvalue weighted by Gasteiger charge is -2.28. The number of alkyl halides is 3. The van der Waals surface area contributed by atoms with Gasteiger partial charge in [0.05, 0.1) is 5.92 Å². The van der Waals surface area contributed by atoms with Gasteiger partial charge in [-0.05, 0) is 11.8 Å². The van der Waals surface area contributed by atoms with E-state index in [9.17, 15) is 13.2 Å². The van der Waals surface area contributed by atoms with Gasteiger partial charge in [-0.25, -0.2) is 0 Å². The zero-order chi connectivity index (χ0) is 9.94. The number of rotatable bonds is 3. The van der Waals surface area contributed by atoms with Gasteiger partial charge in [0.2, 0.25) is 0 Å². The zero-order valence-corrected chi connectivity index (χ0v) is 8.07. The van der Waals surface area contributed by atoms with Crippen LogP contribution in [-0.4, -0.2) is 6.18 Å². The highest BCUT2D eigenvalue weighted by atomic mass is 19.4. The normalized spacial score (nSPS) is 18.0. The van der Waals surface area contributed by atoms with E-state index in [4.69, 9.17) is 0 Å². The summed E-state index contributed by atoms with van der Waals surface area (Å²) >= 11 is 0. The molecule has 0 aromatic heterocycles. The van der Waals surface area contributed by atoms with Crippen LogP contribution in [0.25, 0.3) is 0 Å². The van der Waals surface area contributed by atoms with Crippen molar-refractivity contribution >= 4 is 0 Å².